The highest BCUT2D eigenvalue weighted by Gasteiger charge is 2.05. The molecule has 0 aliphatic heterocycles. The number of rotatable bonds is 2. The van der Waals surface area contributed by atoms with Gasteiger partial charge in [-0.15, -0.1) is 22.7 Å². The first-order valence-corrected chi connectivity index (χ1v) is 6.58. The minimum absolute atomic E-state index is 0.315. The number of hydrogen-bond donors (Lipinski definition) is 0. The Bertz CT molecular complexity index is 551. The van der Waals surface area contributed by atoms with Gasteiger partial charge in [0.25, 0.3) is 0 Å². The van der Waals surface area contributed by atoms with Crippen molar-refractivity contribution in [1.29, 1.82) is 0 Å². The third kappa shape index (κ3) is 2.37. The molecule has 0 unspecified atom stereocenters. The van der Waals surface area contributed by atoms with Gasteiger partial charge in [-0.25, -0.2) is 4.79 Å². The lowest BCUT2D eigenvalue weighted by Gasteiger charge is -2.00. The van der Waals surface area contributed by atoms with E-state index in [9.17, 15) is 4.79 Å². The molecule has 0 aliphatic carbocycles. The predicted molar refractivity (Wildman–Crippen MR) is 69.8 cm³/mol. The molecule has 0 amide bonds. The zero-order chi connectivity index (χ0) is 11.5. The molecule has 0 N–H and O–H groups in total. The summed E-state index contributed by atoms with van der Waals surface area (Å²) in [6.07, 6.45) is 0. The van der Waals surface area contributed by atoms with Gasteiger partial charge in [-0.3, -0.25) is 0 Å². The molecule has 1 heterocycles. The van der Waals surface area contributed by atoms with Gasteiger partial charge in [0.1, 0.15) is 3.14 Å². The predicted octanol–water partition coefficient (Wildman–Crippen LogP) is 3.99. The lowest BCUT2D eigenvalue weighted by molar-refractivity contribution is 0.0601. The second-order valence-corrected chi connectivity index (χ2v) is 6.14. The number of methoxy groups -OCH3 is 1. The second-order valence-electron chi connectivity index (χ2n) is 3.02. The molecule has 1 aromatic heterocycles. The molecule has 0 spiro atoms. The van der Waals surface area contributed by atoms with E-state index in [0.717, 1.165) is 13.6 Å². The van der Waals surface area contributed by atoms with Crippen LogP contribution in [-0.4, -0.2) is 13.1 Å². The van der Waals surface area contributed by atoms with Crippen LogP contribution in [0.2, 0.25) is 0 Å². The minimum atomic E-state index is -0.315. The molecule has 1 aromatic carbocycles. The number of hydrogen-bond acceptors (Lipinski definition) is 5. The average molecular weight is 268 g/mol. The van der Waals surface area contributed by atoms with Crippen LogP contribution in [-0.2, 0) is 4.74 Å². The summed E-state index contributed by atoms with van der Waals surface area (Å²) in [6.45, 7) is 0. The van der Waals surface area contributed by atoms with Crippen LogP contribution in [0.15, 0.2) is 29.6 Å². The standard InChI is InChI=1S/C11H8O2S3/c1-13-10(12)8-4-2-7(3-5-8)9-6-15-11(14)16-9/h2-6H,1H3. The molecule has 0 saturated heterocycles. The molecule has 0 radical (unpaired) electrons. The fourth-order valence-corrected chi connectivity index (χ4v) is 3.38. The maximum Gasteiger partial charge on any atom is 0.337 e. The minimum Gasteiger partial charge on any atom is -0.465 e. The number of carbonyl (C=O) groups is 1. The Hall–Kier alpha value is -1.04. The molecule has 2 aromatic rings. The van der Waals surface area contributed by atoms with Gasteiger partial charge in [0.05, 0.1) is 12.7 Å². The SMILES string of the molecule is COC(=O)c1ccc(-c2csc(=S)s2)cc1. The normalized spacial score (nSPS) is 10.1. The number of esters is 1. The van der Waals surface area contributed by atoms with Crippen LogP contribution in [0.5, 0.6) is 0 Å². The van der Waals surface area contributed by atoms with Gasteiger partial charge >= 0.3 is 5.97 Å². The average Bonchev–Trinajstić information content (AvgIpc) is 2.75. The topological polar surface area (TPSA) is 26.3 Å². The molecule has 16 heavy (non-hydrogen) atoms. The van der Waals surface area contributed by atoms with Gasteiger partial charge < -0.3 is 4.74 Å². The highest BCUT2D eigenvalue weighted by Crippen LogP contribution is 2.28. The smallest absolute Gasteiger partial charge is 0.337 e. The summed E-state index contributed by atoms with van der Waals surface area (Å²) in [7, 11) is 1.38. The molecular weight excluding hydrogens is 260 g/mol. The molecule has 2 rings (SSSR count). The zero-order valence-electron chi connectivity index (χ0n) is 8.43. The van der Waals surface area contributed by atoms with Gasteiger partial charge in [0.15, 0.2) is 0 Å². The van der Waals surface area contributed by atoms with E-state index in [1.165, 1.54) is 7.11 Å². The summed E-state index contributed by atoms with van der Waals surface area (Å²) >= 11 is 8.22. The van der Waals surface area contributed by atoms with Crippen LogP contribution >= 0.6 is 34.9 Å². The molecule has 5 heteroatoms. The molecule has 0 atom stereocenters. The monoisotopic (exact) mass is 268 g/mol. The fourth-order valence-electron chi connectivity index (χ4n) is 1.25. The molecule has 82 valence electrons. The molecular formula is C11H8O2S3. The van der Waals surface area contributed by atoms with Crippen molar-refractivity contribution in [2.75, 3.05) is 7.11 Å². The molecule has 0 saturated carbocycles. The highest BCUT2D eigenvalue weighted by atomic mass is 32.2. The molecule has 0 aliphatic rings. The highest BCUT2D eigenvalue weighted by molar-refractivity contribution is 7.76. The lowest BCUT2D eigenvalue weighted by atomic mass is 10.1. The van der Waals surface area contributed by atoms with Crippen LogP contribution in [0.3, 0.4) is 0 Å². The lowest BCUT2D eigenvalue weighted by Crippen LogP contribution is -2.00. The Kier molecular flexibility index (Phi) is 3.48. The van der Waals surface area contributed by atoms with E-state index < -0.39 is 0 Å². The van der Waals surface area contributed by atoms with E-state index >= 15 is 0 Å². The Labute approximate surface area is 106 Å². The van der Waals surface area contributed by atoms with Crippen molar-refractivity contribution in [2.24, 2.45) is 0 Å². The van der Waals surface area contributed by atoms with Crippen LogP contribution in [0.1, 0.15) is 10.4 Å². The van der Waals surface area contributed by atoms with Crippen molar-refractivity contribution >= 4 is 40.9 Å². The van der Waals surface area contributed by atoms with Crippen molar-refractivity contribution in [3.8, 4) is 10.4 Å². The second kappa shape index (κ2) is 4.86. The summed E-state index contributed by atoms with van der Waals surface area (Å²) in [4.78, 5) is 12.4. The van der Waals surface area contributed by atoms with E-state index in [4.69, 9.17) is 12.2 Å². The van der Waals surface area contributed by atoms with E-state index in [-0.39, 0.29) is 5.97 Å². The van der Waals surface area contributed by atoms with Gasteiger partial charge in [-0.2, -0.15) is 0 Å². The van der Waals surface area contributed by atoms with Crippen LogP contribution < -0.4 is 0 Å². The van der Waals surface area contributed by atoms with E-state index in [0.29, 0.717) is 5.56 Å². The Morgan fingerprint density at radius 2 is 2.00 bits per heavy atom. The van der Waals surface area contributed by atoms with Crippen molar-refractivity contribution in [2.45, 2.75) is 0 Å². The van der Waals surface area contributed by atoms with Gasteiger partial charge in [0.2, 0.25) is 0 Å². The first-order valence-electron chi connectivity index (χ1n) is 4.48. The number of ether oxygens (including phenoxy) is 1. The molecule has 0 fully saturated rings. The van der Waals surface area contributed by atoms with E-state index in [1.54, 1.807) is 34.8 Å². The summed E-state index contributed by atoms with van der Waals surface area (Å²) in [5.41, 5.74) is 1.63. The van der Waals surface area contributed by atoms with Crippen molar-refractivity contribution in [3.05, 3.63) is 38.3 Å². The maximum absolute atomic E-state index is 11.2. The third-order valence-electron chi connectivity index (χ3n) is 2.05. The van der Waals surface area contributed by atoms with E-state index in [2.05, 4.69) is 4.74 Å². The van der Waals surface area contributed by atoms with Crippen molar-refractivity contribution < 1.29 is 9.53 Å². The quantitative estimate of drug-likeness (QED) is 0.608. The number of carbonyl (C=O) groups excluding carboxylic acids is 1. The Balaban J connectivity index is 2.32. The third-order valence-corrected chi connectivity index (χ3v) is 4.56. The van der Waals surface area contributed by atoms with Crippen LogP contribution in [0.4, 0.5) is 0 Å². The van der Waals surface area contributed by atoms with Gasteiger partial charge in [0, 0.05) is 10.3 Å². The zero-order valence-corrected chi connectivity index (χ0v) is 10.9. The van der Waals surface area contributed by atoms with E-state index in [1.807, 2.05) is 17.5 Å². The largest absolute Gasteiger partial charge is 0.465 e. The summed E-state index contributed by atoms with van der Waals surface area (Å²) in [6, 6.07) is 7.32. The summed E-state index contributed by atoms with van der Waals surface area (Å²) in [5, 5.41) is 2.03. The first-order chi connectivity index (χ1) is 7.70. The molecule has 0 bridgehead atoms. The molecule has 2 nitrogen and oxygen atoms in total. The first kappa shape index (κ1) is 11.4. The van der Waals surface area contributed by atoms with Crippen molar-refractivity contribution in [1.82, 2.24) is 0 Å². The Morgan fingerprint density at radius 1 is 1.31 bits per heavy atom. The van der Waals surface area contributed by atoms with Crippen molar-refractivity contribution in [3.63, 3.8) is 0 Å². The summed E-state index contributed by atoms with van der Waals surface area (Å²) < 4.78 is 5.54. The summed E-state index contributed by atoms with van der Waals surface area (Å²) in [5.74, 6) is -0.315. The maximum atomic E-state index is 11.2. The van der Waals surface area contributed by atoms with Crippen LogP contribution in [0, 0.1) is 3.14 Å². The van der Waals surface area contributed by atoms with Gasteiger partial charge in [-0.1, -0.05) is 24.4 Å². The van der Waals surface area contributed by atoms with Gasteiger partial charge in [-0.05, 0) is 17.7 Å². The fraction of sp³-hybridized carbons (Fsp3) is 0.0909. The number of benzene rings is 1. The van der Waals surface area contributed by atoms with Crippen LogP contribution in [0.25, 0.3) is 10.4 Å². The Morgan fingerprint density at radius 3 is 2.50 bits per heavy atom.